The van der Waals surface area contributed by atoms with Crippen molar-refractivity contribution in [3.8, 4) is 11.4 Å². The van der Waals surface area contributed by atoms with Gasteiger partial charge in [-0.05, 0) is 47.2 Å². The van der Waals surface area contributed by atoms with E-state index in [0.717, 1.165) is 65.6 Å². The number of carbonyl (C=O) groups excluding carboxylic acids is 1. The number of primary amides is 1. The van der Waals surface area contributed by atoms with Gasteiger partial charge in [0, 0.05) is 50.7 Å². The Kier molecular flexibility index (Phi) is 6.47. The van der Waals surface area contributed by atoms with Crippen molar-refractivity contribution in [3.05, 3.63) is 41.4 Å². The molecular weight excluding hydrogens is 466 g/mol. The minimum Gasteiger partial charge on any atom is -0.397 e. The first-order valence-electron chi connectivity index (χ1n) is 11.4. The molecule has 4 aromatic rings. The van der Waals surface area contributed by atoms with E-state index in [1.54, 1.807) is 18.0 Å². The predicted molar refractivity (Wildman–Crippen MR) is 137 cm³/mol. The highest BCUT2D eigenvalue weighted by Gasteiger charge is 2.22. The molecule has 4 heterocycles. The van der Waals surface area contributed by atoms with Crippen molar-refractivity contribution in [2.45, 2.75) is 13.0 Å². The van der Waals surface area contributed by atoms with E-state index in [1.807, 2.05) is 6.07 Å². The van der Waals surface area contributed by atoms with E-state index in [2.05, 4.69) is 54.6 Å². The lowest BCUT2D eigenvalue weighted by molar-refractivity contribution is 0.100. The van der Waals surface area contributed by atoms with Gasteiger partial charge in [0.05, 0.1) is 29.9 Å². The Labute approximate surface area is 206 Å². The number of anilines is 3. The van der Waals surface area contributed by atoms with Crippen LogP contribution in [0.5, 0.6) is 0 Å². The summed E-state index contributed by atoms with van der Waals surface area (Å²) in [5.41, 5.74) is 15.3. The summed E-state index contributed by atoms with van der Waals surface area (Å²) in [4.78, 5) is 22.0. The van der Waals surface area contributed by atoms with Crippen molar-refractivity contribution in [2.75, 3.05) is 55.4 Å². The van der Waals surface area contributed by atoms with Crippen LogP contribution in [-0.2, 0) is 11.3 Å². The summed E-state index contributed by atoms with van der Waals surface area (Å²) in [6, 6.07) is 10.3. The zero-order valence-electron chi connectivity index (χ0n) is 19.4. The summed E-state index contributed by atoms with van der Waals surface area (Å²) < 4.78 is 6.89. The van der Waals surface area contributed by atoms with Gasteiger partial charge in [0.2, 0.25) is 0 Å². The Hall–Kier alpha value is -3.77. The van der Waals surface area contributed by atoms with E-state index >= 15 is 0 Å². The number of tetrazole rings is 1. The highest BCUT2D eigenvalue weighted by molar-refractivity contribution is 7.21. The van der Waals surface area contributed by atoms with Gasteiger partial charge < -0.3 is 26.0 Å². The Morgan fingerprint density at radius 2 is 1.89 bits per heavy atom. The molecule has 0 saturated carbocycles. The maximum Gasteiger partial charge on any atom is 0.260 e. The van der Waals surface area contributed by atoms with Crippen molar-refractivity contribution in [3.63, 3.8) is 0 Å². The topological polar surface area (TPSA) is 141 Å². The Balaban J connectivity index is 1.33. The number of amides is 1. The molecule has 0 atom stereocenters. The van der Waals surface area contributed by atoms with Gasteiger partial charge in [0.1, 0.15) is 9.71 Å². The molecule has 35 heavy (non-hydrogen) atoms. The number of aromatic nitrogens is 5. The highest BCUT2D eigenvalue weighted by Crippen LogP contribution is 2.38. The van der Waals surface area contributed by atoms with Crippen LogP contribution in [0.3, 0.4) is 0 Å². The number of methoxy groups -OCH3 is 1. The normalized spacial score (nSPS) is 14.4. The van der Waals surface area contributed by atoms with Gasteiger partial charge in [-0.2, -0.15) is 0 Å². The number of nitrogens with two attached hydrogens (primary N) is 2. The second-order valence-corrected chi connectivity index (χ2v) is 9.31. The van der Waals surface area contributed by atoms with Crippen LogP contribution in [0.1, 0.15) is 16.1 Å². The van der Waals surface area contributed by atoms with E-state index in [0.29, 0.717) is 23.7 Å². The van der Waals surface area contributed by atoms with Gasteiger partial charge in [0.25, 0.3) is 5.91 Å². The fourth-order valence-electron chi connectivity index (χ4n) is 4.45. The SMILES string of the molecule is COCCn1nnnc1-c1ccc(N2CCCN(c3ccnc4sc(C(N)=O)c(N)c34)CC2)cc1. The van der Waals surface area contributed by atoms with Gasteiger partial charge in [-0.25, -0.2) is 9.67 Å². The Morgan fingerprint density at radius 3 is 2.66 bits per heavy atom. The molecule has 11 nitrogen and oxygen atoms in total. The number of thiophene rings is 1. The zero-order valence-corrected chi connectivity index (χ0v) is 20.2. The Bertz CT molecular complexity index is 1330. The number of nitrogens with zero attached hydrogens (tertiary/aromatic N) is 7. The summed E-state index contributed by atoms with van der Waals surface area (Å²) in [6.45, 7) is 4.62. The fraction of sp³-hybridized carbons (Fsp3) is 0.348. The first-order valence-corrected chi connectivity index (χ1v) is 12.2. The third kappa shape index (κ3) is 4.49. The number of nitrogen functional groups attached to an aromatic ring is 1. The van der Waals surface area contributed by atoms with E-state index in [4.69, 9.17) is 16.2 Å². The summed E-state index contributed by atoms with van der Waals surface area (Å²) in [5.74, 6) is 0.204. The van der Waals surface area contributed by atoms with E-state index in [9.17, 15) is 4.79 Å². The van der Waals surface area contributed by atoms with Crippen LogP contribution in [0.25, 0.3) is 21.6 Å². The first-order chi connectivity index (χ1) is 17.1. The first kappa shape index (κ1) is 23.0. The molecule has 1 aliphatic rings. The van der Waals surface area contributed by atoms with Crippen LogP contribution in [0.15, 0.2) is 36.5 Å². The number of carbonyl (C=O) groups is 1. The van der Waals surface area contributed by atoms with Crippen molar-refractivity contribution >= 4 is 44.5 Å². The van der Waals surface area contributed by atoms with Gasteiger partial charge in [0.15, 0.2) is 5.82 Å². The van der Waals surface area contributed by atoms with Gasteiger partial charge in [-0.3, -0.25) is 4.79 Å². The van der Waals surface area contributed by atoms with Crippen LogP contribution in [0.4, 0.5) is 17.1 Å². The molecule has 1 fully saturated rings. The average Bonchev–Trinajstić information content (AvgIpc) is 3.39. The molecule has 1 aromatic carbocycles. The predicted octanol–water partition coefficient (Wildman–Crippen LogP) is 1.99. The lowest BCUT2D eigenvalue weighted by atomic mass is 10.1. The molecule has 0 aliphatic carbocycles. The molecule has 0 radical (unpaired) electrons. The van der Waals surface area contributed by atoms with Gasteiger partial charge in [-0.15, -0.1) is 16.4 Å². The third-order valence-electron chi connectivity index (χ3n) is 6.20. The molecule has 3 aromatic heterocycles. The molecule has 1 aliphatic heterocycles. The zero-order chi connectivity index (χ0) is 24.4. The lowest BCUT2D eigenvalue weighted by Crippen LogP contribution is -2.30. The smallest absolute Gasteiger partial charge is 0.260 e. The average molecular weight is 494 g/mol. The molecule has 182 valence electrons. The van der Waals surface area contributed by atoms with Crippen LogP contribution in [0, 0.1) is 0 Å². The maximum absolute atomic E-state index is 11.8. The minimum absolute atomic E-state index is 0.366. The third-order valence-corrected chi connectivity index (χ3v) is 7.33. The largest absolute Gasteiger partial charge is 0.397 e. The van der Waals surface area contributed by atoms with Crippen molar-refractivity contribution in [1.82, 2.24) is 25.2 Å². The molecule has 0 unspecified atom stereocenters. The summed E-state index contributed by atoms with van der Waals surface area (Å²) in [6.07, 6.45) is 2.74. The number of hydrogen-bond acceptors (Lipinski definition) is 10. The lowest BCUT2D eigenvalue weighted by Gasteiger charge is -2.25. The number of ether oxygens (including phenoxy) is 1. The monoisotopic (exact) mass is 493 g/mol. The highest BCUT2D eigenvalue weighted by atomic mass is 32.1. The number of fused-ring (bicyclic) bond motifs is 1. The molecule has 1 amide bonds. The van der Waals surface area contributed by atoms with Crippen molar-refractivity contribution in [1.29, 1.82) is 0 Å². The summed E-state index contributed by atoms with van der Waals surface area (Å²) >= 11 is 1.25. The number of rotatable bonds is 7. The molecule has 0 bridgehead atoms. The van der Waals surface area contributed by atoms with E-state index in [1.165, 1.54) is 11.3 Å². The van der Waals surface area contributed by atoms with Crippen molar-refractivity contribution < 1.29 is 9.53 Å². The number of pyridine rings is 1. The molecular formula is C23H27N9O2S. The van der Waals surface area contributed by atoms with Gasteiger partial charge >= 0.3 is 0 Å². The Morgan fingerprint density at radius 1 is 1.11 bits per heavy atom. The fourth-order valence-corrected chi connectivity index (χ4v) is 5.39. The molecule has 4 N–H and O–H groups in total. The van der Waals surface area contributed by atoms with Crippen LogP contribution in [-0.4, -0.2) is 71.0 Å². The van der Waals surface area contributed by atoms with Crippen molar-refractivity contribution in [2.24, 2.45) is 5.73 Å². The molecule has 0 spiro atoms. The summed E-state index contributed by atoms with van der Waals surface area (Å²) in [7, 11) is 1.66. The van der Waals surface area contributed by atoms with Crippen LogP contribution >= 0.6 is 11.3 Å². The molecule has 12 heteroatoms. The van der Waals surface area contributed by atoms with Crippen LogP contribution in [0.2, 0.25) is 0 Å². The minimum atomic E-state index is -0.519. The van der Waals surface area contributed by atoms with Gasteiger partial charge in [-0.1, -0.05) is 0 Å². The van der Waals surface area contributed by atoms with E-state index in [-0.39, 0.29) is 0 Å². The quantitative estimate of drug-likeness (QED) is 0.395. The number of benzene rings is 1. The maximum atomic E-state index is 11.8. The second kappa shape index (κ2) is 9.84. The molecule has 1 saturated heterocycles. The number of hydrogen-bond donors (Lipinski definition) is 2. The molecule has 5 rings (SSSR count). The van der Waals surface area contributed by atoms with Crippen LogP contribution < -0.4 is 21.3 Å². The second-order valence-electron chi connectivity index (χ2n) is 8.31. The van der Waals surface area contributed by atoms with E-state index < -0.39 is 5.91 Å². The standard InChI is InChI=1S/C23H27N9O2S/c1-34-14-13-32-22(27-28-29-32)15-3-5-16(6-4-15)30-9-2-10-31(12-11-30)17-7-8-26-23-18(17)19(24)20(35-23)21(25)33/h3-8H,2,9-14,24H2,1H3,(H2,25,33). The summed E-state index contributed by atoms with van der Waals surface area (Å²) in [5, 5.41) is 12.8.